The van der Waals surface area contributed by atoms with Crippen molar-refractivity contribution >= 4 is 29.1 Å². The summed E-state index contributed by atoms with van der Waals surface area (Å²) in [5, 5.41) is 3.58. The third-order valence-corrected chi connectivity index (χ3v) is 11.7. The molecule has 1 saturated heterocycles. The minimum absolute atomic E-state index is 0. The van der Waals surface area contributed by atoms with Gasteiger partial charge in [-0.2, -0.15) is 0 Å². The molecule has 1 fully saturated rings. The molecule has 0 aromatic heterocycles. The van der Waals surface area contributed by atoms with E-state index in [-0.39, 0.29) is 41.0 Å². The van der Waals surface area contributed by atoms with E-state index in [2.05, 4.69) is 105 Å². The van der Waals surface area contributed by atoms with Crippen LogP contribution >= 0.6 is 7.26 Å². The molecular formula is C26H28IO3P. The first-order valence-electron chi connectivity index (χ1n) is 10.3. The van der Waals surface area contributed by atoms with Gasteiger partial charge in [0.1, 0.15) is 23.2 Å². The van der Waals surface area contributed by atoms with E-state index >= 15 is 0 Å². The van der Waals surface area contributed by atoms with Crippen LogP contribution in [0.3, 0.4) is 0 Å². The fourth-order valence-electron chi connectivity index (χ4n) is 4.98. The van der Waals surface area contributed by atoms with Gasteiger partial charge < -0.3 is 33.5 Å². The Hall–Kier alpha value is -1.75. The largest absolute Gasteiger partial charge is 1.00 e. The lowest BCUT2D eigenvalue weighted by Crippen LogP contribution is -3.00. The van der Waals surface area contributed by atoms with E-state index in [0.29, 0.717) is 6.42 Å². The molecule has 3 aromatic rings. The lowest BCUT2D eigenvalue weighted by molar-refractivity contribution is -0.162. The first-order chi connectivity index (χ1) is 14.5. The molecule has 2 unspecified atom stereocenters. The van der Waals surface area contributed by atoms with Gasteiger partial charge in [0.25, 0.3) is 0 Å². The van der Waals surface area contributed by atoms with Crippen LogP contribution in [-0.2, 0) is 14.3 Å². The van der Waals surface area contributed by atoms with E-state index < -0.39 is 13.6 Å². The zero-order chi connectivity index (χ0) is 21.2. The number of halogens is 1. The molecule has 162 valence electrons. The molecule has 0 saturated carbocycles. The summed E-state index contributed by atoms with van der Waals surface area (Å²) in [6.07, 6.45) is -0.178. The molecule has 0 bridgehead atoms. The molecule has 0 spiro atoms. The average Bonchev–Trinajstić information content (AvgIpc) is 3.18. The van der Waals surface area contributed by atoms with Gasteiger partial charge in [0.05, 0.1) is 17.5 Å². The fraction of sp³-hybridized carbons (Fsp3) is 0.269. The van der Waals surface area contributed by atoms with Gasteiger partial charge in [-0.15, -0.1) is 0 Å². The molecule has 2 atom stereocenters. The third-order valence-electron chi connectivity index (χ3n) is 6.40. The van der Waals surface area contributed by atoms with E-state index in [9.17, 15) is 4.79 Å². The average molecular weight is 546 g/mol. The quantitative estimate of drug-likeness (QED) is 0.266. The zero-order valence-electron chi connectivity index (χ0n) is 18.1. The van der Waals surface area contributed by atoms with Crippen LogP contribution in [0.4, 0.5) is 0 Å². The second kappa shape index (κ2) is 9.81. The standard InChI is InChI=1S/C26H28O3P.HI/c1-26(2,23-19-24(27)29-25(23)28-3)30(20-13-7-4-8-14-20,21-15-9-5-10-16-21)22-17-11-6-12-18-22;/h4-18,23,25H,19H2,1-3H3;1H/q+1;/p-1. The van der Waals surface area contributed by atoms with Gasteiger partial charge in [0.15, 0.2) is 0 Å². The number of methoxy groups -OCH3 is 1. The molecule has 0 N–H and O–H groups in total. The molecular weight excluding hydrogens is 518 g/mol. The summed E-state index contributed by atoms with van der Waals surface area (Å²) in [4.78, 5) is 12.3. The summed E-state index contributed by atoms with van der Waals surface area (Å²) in [5.74, 6) is -0.254. The van der Waals surface area contributed by atoms with Crippen molar-refractivity contribution in [3.8, 4) is 0 Å². The van der Waals surface area contributed by atoms with E-state index in [1.54, 1.807) is 7.11 Å². The molecule has 0 radical (unpaired) electrons. The highest BCUT2D eigenvalue weighted by Gasteiger charge is 2.64. The zero-order valence-corrected chi connectivity index (χ0v) is 21.1. The van der Waals surface area contributed by atoms with Crippen molar-refractivity contribution in [1.29, 1.82) is 0 Å². The van der Waals surface area contributed by atoms with Gasteiger partial charge in [-0.3, -0.25) is 4.79 Å². The molecule has 0 aliphatic carbocycles. The van der Waals surface area contributed by atoms with Gasteiger partial charge in [0, 0.05) is 7.11 Å². The number of carbonyl (C=O) groups is 1. The highest BCUT2D eigenvalue weighted by Crippen LogP contribution is 2.69. The Morgan fingerprint density at radius 3 is 1.55 bits per heavy atom. The Kier molecular flexibility index (Phi) is 7.56. The first kappa shape index (κ1) is 23.9. The summed E-state index contributed by atoms with van der Waals surface area (Å²) in [6.45, 7) is 4.57. The van der Waals surface area contributed by atoms with E-state index in [4.69, 9.17) is 9.47 Å². The predicted octanol–water partition coefficient (Wildman–Crippen LogP) is 1.30. The molecule has 3 nitrogen and oxygen atoms in total. The SMILES string of the molecule is COC1OC(=O)CC1C(C)(C)[P+](c1ccccc1)(c1ccccc1)c1ccccc1.[I-]. The summed E-state index contributed by atoms with van der Waals surface area (Å²) in [5.41, 5.74) is 0. The monoisotopic (exact) mass is 546 g/mol. The van der Waals surface area contributed by atoms with Gasteiger partial charge in [-0.25, -0.2) is 0 Å². The number of hydrogen-bond acceptors (Lipinski definition) is 3. The highest BCUT2D eigenvalue weighted by molar-refractivity contribution is 7.96. The van der Waals surface area contributed by atoms with Crippen LogP contribution in [0.25, 0.3) is 0 Å². The number of benzene rings is 3. The van der Waals surface area contributed by atoms with Crippen molar-refractivity contribution in [2.45, 2.75) is 31.7 Å². The van der Waals surface area contributed by atoms with Crippen molar-refractivity contribution in [3.05, 3.63) is 91.0 Å². The number of ether oxygens (including phenoxy) is 2. The van der Waals surface area contributed by atoms with Crippen molar-refractivity contribution in [2.75, 3.05) is 7.11 Å². The maximum absolute atomic E-state index is 12.3. The van der Waals surface area contributed by atoms with Crippen molar-refractivity contribution < 1.29 is 38.2 Å². The van der Waals surface area contributed by atoms with Gasteiger partial charge in [0.2, 0.25) is 6.29 Å². The minimum atomic E-state index is -2.19. The van der Waals surface area contributed by atoms with Crippen LogP contribution in [0.1, 0.15) is 20.3 Å². The maximum Gasteiger partial charge on any atom is 0.308 e. The van der Waals surface area contributed by atoms with Crippen molar-refractivity contribution in [2.24, 2.45) is 5.92 Å². The fourth-order valence-corrected chi connectivity index (χ4v) is 10.4. The van der Waals surface area contributed by atoms with Crippen LogP contribution in [0.15, 0.2) is 91.0 Å². The molecule has 1 heterocycles. The summed E-state index contributed by atoms with van der Waals surface area (Å²) in [7, 11) is -0.570. The summed E-state index contributed by atoms with van der Waals surface area (Å²) >= 11 is 0. The second-order valence-corrected chi connectivity index (χ2v) is 12.3. The highest BCUT2D eigenvalue weighted by atomic mass is 127. The van der Waals surface area contributed by atoms with Crippen molar-refractivity contribution in [3.63, 3.8) is 0 Å². The number of rotatable bonds is 6. The topological polar surface area (TPSA) is 35.5 Å². The van der Waals surface area contributed by atoms with Crippen LogP contribution in [0.5, 0.6) is 0 Å². The van der Waals surface area contributed by atoms with Crippen LogP contribution in [0, 0.1) is 5.92 Å². The van der Waals surface area contributed by atoms with Crippen molar-refractivity contribution in [1.82, 2.24) is 0 Å². The predicted molar refractivity (Wildman–Crippen MR) is 124 cm³/mol. The Labute approximate surface area is 202 Å². The molecule has 4 rings (SSSR count). The molecule has 5 heteroatoms. The lowest BCUT2D eigenvalue weighted by atomic mass is 9.92. The normalized spacial score (nSPS) is 18.9. The summed E-state index contributed by atoms with van der Waals surface area (Å²) < 4.78 is 11.2. The van der Waals surface area contributed by atoms with Crippen LogP contribution in [-0.4, -0.2) is 24.5 Å². The molecule has 1 aliphatic heterocycles. The van der Waals surface area contributed by atoms with Crippen LogP contribution < -0.4 is 39.9 Å². The number of cyclic esters (lactones) is 1. The van der Waals surface area contributed by atoms with Gasteiger partial charge in [-0.05, 0) is 50.2 Å². The minimum Gasteiger partial charge on any atom is -1.00 e. The molecule has 3 aromatic carbocycles. The van der Waals surface area contributed by atoms with E-state index in [1.165, 1.54) is 15.9 Å². The van der Waals surface area contributed by atoms with Crippen LogP contribution in [0.2, 0.25) is 0 Å². The van der Waals surface area contributed by atoms with Gasteiger partial charge in [-0.1, -0.05) is 54.6 Å². The van der Waals surface area contributed by atoms with E-state index in [0.717, 1.165) is 0 Å². The number of hydrogen-bond donors (Lipinski definition) is 0. The molecule has 31 heavy (non-hydrogen) atoms. The molecule has 0 amide bonds. The Bertz CT molecular complexity index is 896. The third kappa shape index (κ3) is 4.06. The Morgan fingerprint density at radius 2 is 1.19 bits per heavy atom. The van der Waals surface area contributed by atoms with E-state index in [1.807, 2.05) is 0 Å². The Morgan fingerprint density at radius 1 is 0.806 bits per heavy atom. The summed E-state index contributed by atoms with van der Waals surface area (Å²) in [6, 6.07) is 32.2. The van der Waals surface area contributed by atoms with Gasteiger partial charge >= 0.3 is 5.97 Å². The number of carbonyl (C=O) groups excluding carboxylic acids is 1. The second-order valence-electron chi connectivity index (χ2n) is 8.24. The first-order valence-corrected chi connectivity index (χ1v) is 12.1. The Balaban J connectivity index is 0.00000272. The lowest BCUT2D eigenvalue weighted by Gasteiger charge is -2.44. The smallest absolute Gasteiger partial charge is 0.308 e. The molecule has 1 aliphatic rings. The number of esters is 1. The maximum atomic E-state index is 12.3.